The van der Waals surface area contributed by atoms with Gasteiger partial charge >= 0.3 is 0 Å². The number of carbonyl (C=O) groups is 1. The van der Waals surface area contributed by atoms with Gasteiger partial charge in [0.1, 0.15) is 11.6 Å². The zero-order valence-corrected chi connectivity index (χ0v) is 18.3. The van der Waals surface area contributed by atoms with Crippen LogP contribution in [0.25, 0.3) is 0 Å². The number of carbonyl (C=O) groups excluding carboxylic acids is 1. The number of aromatic nitrogens is 2. The van der Waals surface area contributed by atoms with Gasteiger partial charge in [-0.15, -0.1) is 11.3 Å². The summed E-state index contributed by atoms with van der Waals surface area (Å²) >= 11 is 1.45. The lowest BCUT2D eigenvalue weighted by atomic mass is 10.00. The molecule has 5 nitrogen and oxygen atoms in total. The van der Waals surface area contributed by atoms with Crippen LogP contribution in [0.3, 0.4) is 0 Å². The number of amides is 1. The number of aryl methyl sites for hydroxylation is 3. The standard InChI is InChI=1S/C24H25N3O2S/c1-17-12-18(2)21(19(3)13-17)15-26-9-8-25-23(26)16-27(14-20-6-4-10-29-20)24(28)22-7-5-11-30-22/h4-13H,14-16H2,1-3H3. The van der Waals surface area contributed by atoms with Gasteiger partial charge in [-0.25, -0.2) is 4.98 Å². The number of thiophene rings is 1. The van der Waals surface area contributed by atoms with Crippen LogP contribution in [0, 0.1) is 20.8 Å². The fraction of sp³-hybridized carbons (Fsp3) is 0.250. The zero-order chi connectivity index (χ0) is 21.1. The van der Waals surface area contributed by atoms with Crippen LogP contribution in [0.1, 0.15) is 43.5 Å². The molecule has 4 rings (SSSR count). The van der Waals surface area contributed by atoms with Crippen molar-refractivity contribution in [3.05, 3.63) is 99.2 Å². The van der Waals surface area contributed by atoms with E-state index in [1.54, 1.807) is 17.4 Å². The topological polar surface area (TPSA) is 51.3 Å². The average molecular weight is 420 g/mol. The van der Waals surface area contributed by atoms with Crippen molar-refractivity contribution in [2.24, 2.45) is 0 Å². The number of imidazole rings is 1. The molecule has 0 saturated carbocycles. The summed E-state index contributed by atoms with van der Waals surface area (Å²) in [7, 11) is 0. The minimum atomic E-state index is -0.0151. The van der Waals surface area contributed by atoms with Crippen molar-refractivity contribution in [2.45, 2.75) is 40.4 Å². The summed E-state index contributed by atoms with van der Waals surface area (Å²) < 4.78 is 7.63. The molecule has 0 aliphatic carbocycles. The Hall–Kier alpha value is -3.12. The van der Waals surface area contributed by atoms with Crippen LogP contribution in [0.2, 0.25) is 0 Å². The molecule has 3 aromatic heterocycles. The lowest BCUT2D eigenvalue weighted by Crippen LogP contribution is -2.30. The van der Waals surface area contributed by atoms with Gasteiger partial charge in [0.05, 0.1) is 24.2 Å². The van der Waals surface area contributed by atoms with E-state index >= 15 is 0 Å². The lowest BCUT2D eigenvalue weighted by Gasteiger charge is -2.22. The summed E-state index contributed by atoms with van der Waals surface area (Å²) in [6.07, 6.45) is 5.41. The van der Waals surface area contributed by atoms with Gasteiger partial charge in [-0.3, -0.25) is 4.79 Å². The Labute approximate surface area is 180 Å². The molecule has 6 heteroatoms. The van der Waals surface area contributed by atoms with E-state index < -0.39 is 0 Å². The van der Waals surface area contributed by atoms with E-state index in [4.69, 9.17) is 4.42 Å². The molecule has 154 valence electrons. The third-order valence-electron chi connectivity index (χ3n) is 5.25. The highest BCUT2D eigenvalue weighted by Crippen LogP contribution is 2.20. The Morgan fingerprint density at radius 3 is 2.60 bits per heavy atom. The molecule has 30 heavy (non-hydrogen) atoms. The SMILES string of the molecule is Cc1cc(C)c(Cn2ccnc2CN(Cc2ccco2)C(=O)c2cccs2)c(C)c1. The van der Waals surface area contributed by atoms with Crippen molar-refractivity contribution in [1.29, 1.82) is 0 Å². The maximum absolute atomic E-state index is 13.1. The molecule has 3 heterocycles. The molecule has 0 N–H and O–H groups in total. The smallest absolute Gasteiger partial charge is 0.264 e. The van der Waals surface area contributed by atoms with E-state index in [1.807, 2.05) is 35.8 Å². The molecule has 0 aliphatic rings. The Kier molecular flexibility index (Phi) is 5.86. The van der Waals surface area contributed by atoms with E-state index in [0.29, 0.717) is 18.0 Å². The lowest BCUT2D eigenvalue weighted by molar-refractivity contribution is 0.0716. The molecule has 0 atom stereocenters. The highest BCUT2D eigenvalue weighted by molar-refractivity contribution is 7.12. The molecule has 0 fully saturated rings. The predicted octanol–water partition coefficient (Wildman–Crippen LogP) is 5.35. The molecule has 0 bridgehead atoms. The highest BCUT2D eigenvalue weighted by atomic mass is 32.1. The quantitative estimate of drug-likeness (QED) is 0.405. The second-order valence-corrected chi connectivity index (χ2v) is 8.51. The molecule has 0 saturated heterocycles. The minimum Gasteiger partial charge on any atom is -0.467 e. The van der Waals surface area contributed by atoms with Gasteiger partial charge < -0.3 is 13.9 Å². The molecule has 1 amide bonds. The van der Waals surface area contributed by atoms with E-state index in [2.05, 4.69) is 42.5 Å². The van der Waals surface area contributed by atoms with Crippen LogP contribution >= 0.6 is 11.3 Å². The van der Waals surface area contributed by atoms with E-state index in [1.165, 1.54) is 33.6 Å². The number of furan rings is 1. The summed E-state index contributed by atoms with van der Waals surface area (Å²) in [6, 6.07) is 11.9. The summed E-state index contributed by atoms with van der Waals surface area (Å²) in [5.74, 6) is 1.59. The van der Waals surface area contributed by atoms with Gasteiger partial charge in [0, 0.05) is 18.9 Å². The molecule has 4 aromatic rings. The number of benzene rings is 1. The molecule has 0 radical (unpaired) electrons. The maximum Gasteiger partial charge on any atom is 0.264 e. The van der Waals surface area contributed by atoms with Crippen molar-refractivity contribution in [3.8, 4) is 0 Å². The molecule has 1 aromatic carbocycles. The van der Waals surface area contributed by atoms with Crippen LogP contribution in [0.5, 0.6) is 0 Å². The van der Waals surface area contributed by atoms with Gasteiger partial charge in [-0.2, -0.15) is 0 Å². The zero-order valence-electron chi connectivity index (χ0n) is 17.5. The number of nitrogens with zero attached hydrogens (tertiary/aromatic N) is 3. The fourth-order valence-corrected chi connectivity index (χ4v) is 4.47. The molecule has 0 unspecified atom stereocenters. The van der Waals surface area contributed by atoms with Crippen LogP contribution in [-0.2, 0) is 19.6 Å². The summed E-state index contributed by atoms with van der Waals surface area (Å²) in [4.78, 5) is 20.2. The fourth-order valence-electron chi connectivity index (χ4n) is 3.78. The Balaban J connectivity index is 1.60. The first-order valence-electron chi connectivity index (χ1n) is 9.93. The first-order chi connectivity index (χ1) is 14.5. The molecular formula is C24H25N3O2S. The maximum atomic E-state index is 13.1. The summed E-state index contributed by atoms with van der Waals surface area (Å²) in [5.41, 5.74) is 5.11. The molecule has 0 aliphatic heterocycles. The normalized spacial score (nSPS) is 11.0. The van der Waals surface area contributed by atoms with Crippen molar-refractivity contribution < 1.29 is 9.21 Å². The van der Waals surface area contributed by atoms with Gasteiger partial charge in [0.25, 0.3) is 5.91 Å². The van der Waals surface area contributed by atoms with Crippen molar-refractivity contribution >= 4 is 17.2 Å². The molecular weight excluding hydrogens is 394 g/mol. The third kappa shape index (κ3) is 4.39. The number of rotatable bonds is 7. The largest absolute Gasteiger partial charge is 0.467 e. The van der Waals surface area contributed by atoms with Crippen molar-refractivity contribution in [2.75, 3.05) is 0 Å². The van der Waals surface area contributed by atoms with Crippen molar-refractivity contribution in [1.82, 2.24) is 14.5 Å². The second-order valence-electron chi connectivity index (χ2n) is 7.57. The van der Waals surface area contributed by atoms with E-state index in [-0.39, 0.29) is 5.91 Å². The monoisotopic (exact) mass is 419 g/mol. The van der Waals surface area contributed by atoms with E-state index in [9.17, 15) is 4.79 Å². The summed E-state index contributed by atoms with van der Waals surface area (Å²) in [6.45, 7) is 7.96. The number of hydrogen-bond donors (Lipinski definition) is 0. The van der Waals surface area contributed by atoms with Gasteiger partial charge in [-0.05, 0) is 61.0 Å². The van der Waals surface area contributed by atoms with E-state index in [0.717, 1.165) is 18.1 Å². The van der Waals surface area contributed by atoms with Crippen LogP contribution < -0.4 is 0 Å². The first-order valence-corrected chi connectivity index (χ1v) is 10.8. The van der Waals surface area contributed by atoms with Gasteiger partial charge in [0.15, 0.2) is 0 Å². The third-order valence-corrected chi connectivity index (χ3v) is 6.11. The number of hydrogen-bond acceptors (Lipinski definition) is 4. The minimum absolute atomic E-state index is 0.0151. The highest BCUT2D eigenvalue weighted by Gasteiger charge is 2.21. The Morgan fingerprint density at radius 2 is 1.93 bits per heavy atom. The van der Waals surface area contributed by atoms with Gasteiger partial charge in [0.2, 0.25) is 0 Å². The predicted molar refractivity (Wildman–Crippen MR) is 119 cm³/mol. The Bertz CT molecular complexity index is 1100. The first kappa shape index (κ1) is 20.2. The average Bonchev–Trinajstić information content (AvgIpc) is 3.46. The van der Waals surface area contributed by atoms with Crippen molar-refractivity contribution in [3.63, 3.8) is 0 Å². The van der Waals surface area contributed by atoms with Crippen LogP contribution in [-0.4, -0.2) is 20.4 Å². The second kappa shape index (κ2) is 8.71. The van der Waals surface area contributed by atoms with Crippen LogP contribution in [0.15, 0.2) is 64.9 Å². The van der Waals surface area contributed by atoms with Crippen LogP contribution in [0.4, 0.5) is 0 Å². The molecule has 0 spiro atoms. The van der Waals surface area contributed by atoms with Gasteiger partial charge in [-0.1, -0.05) is 23.8 Å². The Morgan fingerprint density at radius 1 is 1.13 bits per heavy atom. The summed E-state index contributed by atoms with van der Waals surface area (Å²) in [5, 5.41) is 1.92.